The van der Waals surface area contributed by atoms with E-state index in [1.807, 2.05) is 48.5 Å². The van der Waals surface area contributed by atoms with E-state index in [1.165, 1.54) is 6.39 Å². The quantitative estimate of drug-likeness (QED) is 0.576. The van der Waals surface area contributed by atoms with Crippen molar-refractivity contribution >= 4 is 11.0 Å². The summed E-state index contributed by atoms with van der Waals surface area (Å²) in [6.45, 7) is 0. The number of nitrogens with zero attached hydrogens (tertiary/aromatic N) is 4. The second kappa shape index (κ2) is 5.84. The lowest BCUT2D eigenvalue weighted by Gasteiger charge is -2.15. The number of rotatable bonds is 4. The van der Waals surface area contributed by atoms with Gasteiger partial charge in [-0.1, -0.05) is 30.3 Å². The first kappa shape index (κ1) is 13.4. The lowest BCUT2D eigenvalue weighted by atomic mass is 10.1. The predicted octanol–water partition coefficient (Wildman–Crippen LogP) is 3.18. The number of ether oxygens (including phenoxy) is 1. The fourth-order valence-electron chi connectivity index (χ4n) is 2.31. The van der Waals surface area contributed by atoms with Crippen LogP contribution in [0.4, 0.5) is 0 Å². The number of pyridine rings is 2. The summed E-state index contributed by atoms with van der Waals surface area (Å²) in [6, 6.07) is 17.1. The van der Waals surface area contributed by atoms with Crippen LogP contribution in [0.2, 0.25) is 0 Å². The maximum Gasteiger partial charge on any atom is 0.261 e. The zero-order valence-corrected chi connectivity index (χ0v) is 12.0. The molecule has 4 rings (SSSR count). The molecule has 0 aliphatic rings. The summed E-state index contributed by atoms with van der Waals surface area (Å²) in [4.78, 5) is 8.73. The first-order valence-corrected chi connectivity index (χ1v) is 7.09. The van der Waals surface area contributed by atoms with E-state index in [4.69, 9.17) is 9.15 Å². The van der Waals surface area contributed by atoms with Gasteiger partial charge >= 0.3 is 0 Å². The highest BCUT2D eigenvalue weighted by Crippen LogP contribution is 2.26. The summed E-state index contributed by atoms with van der Waals surface area (Å²) < 4.78 is 11.3. The molecule has 1 aromatic carbocycles. The Balaban J connectivity index is 1.72. The minimum absolute atomic E-state index is 0.379. The molecule has 23 heavy (non-hydrogen) atoms. The number of aromatic nitrogens is 4. The van der Waals surface area contributed by atoms with Gasteiger partial charge in [-0.25, -0.2) is 4.98 Å². The first-order chi connectivity index (χ1) is 11.4. The summed E-state index contributed by atoms with van der Waals surface area (Å²) in [6.07, 6.45) is 2.50. The van der Waals surface area contributed by atoms with E-state index in [1.54, 1.807) is 12.3 Å². The van der Waals surface area contributed by atoms with Crippen molar-refractivity contribution < 1.29 is 9.15 Å². The predicted molar refractivity (Wildman–Crippen MR) is 82.7 cm³/mol. The van der Waals surface area contributed by atoms with Crippen molar-refractivity contribution in [3.05, 3.63) is 78.6 Å². The normalized spacial score (nSPS) is 12.2. The molecular weight excluding hydrogens is 292 g/mol. The van der Waals surface area contributed by atoms with E-state index in [9.17, 15) is 0 Å². The molecule has 1 unspecified atom stereocenters. The van der Waals surface area contributed by atoms with Crippen LogP contribution in [0.15, 0.2) is 71.6 Å². The summed E-state index contributed by atoms with van der Waals surface area (Å²) in [5.74, 6) is 0.849. The Hall–Kier alpha value is -3.28. The summed E-state index contributed by atoms with van der Waals surface area (Å²) >= 11 is 0. The largest absolute Gasteiger partial charge is 0.459 e. The van der Waals surface area contributed by atoms with Crippen molar-refractivity contribution in [3.63, 3.8) is 0 Å². The number of hydrogen-bond acceptors (Lipinski definition) is 6. The summed E-state index contributed by atoms with van der Waals surface area (Å²) in [5.41, 5.74) is 2.49. The number of benzene rings is 1. The molecule has 4 aromatic rings. The van der Waals surface area contributed by atoms with Gasteiger partial charge in [0.2, 0.25) is 18.4 Å². The lowest BCUT2D eigenvalue weighted by molar-refractivity contribution is 0.200. The third kappa shape index (κ3) is 2.74. The molecule has 1 atom stereocenters. The van der Waals surface area contributed by atoms with E-state index in [0.29, 0.717) is 11.8 Å². The van der Waals surface area contributed by atoms with Crippen LogP contribution < -0.4 is 4.74 Å². The lowest BCUT2D eigenvalue weighted by Crippen LogP contribution is -2.11. The average Bonchev–Trinajstić information content (AvgIpc) is 3.14. The highest BCUT2D eigenvalue weighted by molar-refractivity contribution is 5.74. The molecule has 0 aliphatic heterocycles. The molecule has 0 bridgehead atoms. The van der Waals surface area contributed by atoms with Gasteiger partial charge < -0.3 is 9.15 Å². The van der Waals surface area contributed by atoms with E-state index in [-0.39, 0.29) is 0 Å². The Morgan fingerprint density at radius 1 is 0.913 bits per heavy atom. The number of hydrogen-bond donors (Lipinski definition) is 0. The van der Waals surface area contributed by atoms with E-state index < -0.39 is 6.10 Å². The second-order valence-corrected chi connectivity index (χ2v) is 4.88. The standard InChI is InChI=1S/C17H12N4O2/c1-2-5-12(6-3-1)16(17-21-19-11-22-17)23-15-9-8-13-14(20-15)7-4-10-18-13/h1-11,16H. The third-order valence-corrected chi connectivity index (χ3v) is 3.37. The Morgan fingerprint density at radius 2 is 1.83 bits per heavy atom. The zero-order valence-electron chi connectivity index (χ0n) is 12.0. The molecule has 0 amide bonds. The average molecular weight is 304 g/mol. The highest BCUT2D eigenvalue weighted by Gasteiger charge is 2.22. The van der Waals surface area contributed by atoms with Crippen LogP contribution in [0.1, 0.15) is 17.6 Å². The Labute approximate surface area is 131 Å². The van der Waals surface area contributed by atoms with Crippen molar-refractivity contribution in [2.24, 2.45) is 0 Å². The van der Waals surface area contributed by atoms with Crippen LogP contribution in [0.5, 0.6) is 5.88 Å². The van der Waals surface area contributed by atoms with Crippen molar-refractivity contribution in [1.82, 2.24) is 20.2 Å². The monoisotopic (exact) mass is 304 g/mol. The smallest absolute Gasteiger partial charge is 0.261 e. The second-order valence-electron chi connectivity index (χ2n) is 4.88. The van der Waals surface area contributed by atoms with Crippen molar-refractivity contribution in [2.45, 2.75) is 6.10 Å². The summed E-state index contributed by atoms with van der Waals surface area (Å²) in [7, 11) is 0. The molecule has 0 N–H and O–H groups in total. The van der Waals surface area contributed by atoms with Gasteiger partial charge in [0.1, 0.15) is 0 Å². The molecule has 0 fully saturated rings. The topological polar surface area (TPSA) is 73.9 Å². The molecule has 0 saturated heterocycles. The Morgan fingerprint density at radius 3 is 2.65 bits per heavy atom. The number of fused-ring (bicyclic) bond motifs is 1. The fraction of sp³-hybridized carbons (Fsp3) is 0.0588. The molecule has 0 radical (unpaired) electrons. The van der Waals surface area contributed by atoms with Gasteiger partial charge in [-0.05, 0) is 18.2 Å². The summed E-state index contributed by atoms with van der Waals surface area (Å²) in [5, 5.41) is 7.70. The molecule has 0 spiro atoms. The van der Waals surface area contributed by atoms with Gasteiger partial charge in [0.05, 0.1) is 11.0 Å². The van der Waals surface area contributed by atoms with Crippen molar-refractivity contribution in [2.75, 3.05) is 0 Å². The molecule has 3 heterocycles. The maximum absolute atomic E-state index is 6.02. The van der Waals surface area contributed by atoms with E-state index >= 15 is 0 Å². The van der Waals surface area contributed by atoms with Gasteiger partial charge in [-0.3, -0.25) is 4.98 Å². The van der Waals surface area contributed by atoms with Crippen LogP contribution in [-0.2, 0) is 0 Å². The van der Waals surface area contributed by atoms with Crippen molar-refractivity contribution in [3.8, 4) is 5.88 Å². The maximum atomic E-state index is 6.02. The van der Waals surface area contributed by atoms with Crippen LogP contribution in [0.25, 0.3) is 11.0 Å². The van der Waals surface area contributed by atoms with Gasteiger partial charge in [-0.2, -0.15) is 0 Å². The van der Waals surface area contributed by atoms with E-state index in [2.05, 4.69) is 20.2 Å². The van der Waals surface area contributed by atoms with E-state index in [0.717, 1.165) is 16.6 Å². The molecule has 112 valence electrons. The highest BCUT2D eigenvalue weighted by atomic mass is 16.5. The van der Waals surface area contributed by atoms with Crippen LogP contribution in [0.3, 0.4) is 0 Å². The third-order valence-electron chi connectivity index (χ3n) is 3.37. The zero-order chi connectivity index (χ0) is 15.5. The van der Waals surface area contributed by atoms with Crippen LogP contribution >= 0.6 is 0 Å². The minimum atomic E-state index is -0.514. The molecule has 6 heteroatoms. The van der Waals surface area contributed by atoms with Crippen LogP contribution in [-0.4, -0.2) is 20.2 Å². The Bertz CT molecular complexity index is 910. The molecular formula is C17H12N4O2. The minimum Gasteiger partial charge on any atom is -0.459 e. The first-order valence-electron chi connectivity index (χ1n) is 7.09. The Kier molecular flexibility index (Phi) is 3.40. The molecule has 0 saturated carbocycles. The fourth-order valence-corrected chi connectivity index (χ4v) is 2.31. The van der Waals surface area contributed by atoms with Gasteiger partial charge in [0, 0.05) is 17.8 Å². The van der Waals surface area contributed by atoms with Gasteiger partial charge in [0.25, 0.3) is 5.89 Å². The molecule has 0 aliphatic carbocycles. The van der Waals surface area contributed by atoms with Crippen molar-refractivity contribution in [1.29, 1.82) is 0 Å². The van der Waals surface area contributed by atoms with Gasteiger partial charge in [-0.15, -0.1) is 10.2 Å². The molecule has 6 nitrogen and oxygen atoms in total. The SMILES string of the molecule is c1ccc(C(Oc2ccc3ncccc3n2)c2nnco2)cc1. The molecule has 3 aromatic heterocycles. The van der Waals surface area contributed by atoms with Crippen LogP contribution in [0, 0.1) is 0 Å². The van der Waals surface area contributed by atoms with Gasteiger partial charge in [0.15, 0.2) is 0 Å².